The van der Waals surface area contributed by atoms with E-state index in [4.69, 9.17) is 25.7 Å². The van der Waals surface area contributed by atoms with Crippen LogP contribution in [0, 0.1) is 0 Å². The minimum absolute atomic E-state index is 0.0642. The molecule has 0 amide bonds. The SMILES string of the molecule is COc1cc(OC)c(OC)cc1/C=[NH+]\N=C(N)N. The highest BCUT2D eigenvalue weighted by Crippen LogP contribution is 2.33. The molecule has 1 rings (SSSR count). The Morgan fingerprint density at radius 3 is 2.11 bits per heavy atom. The molecule has 0 spiro atoms. The Bertz CT molecular complexity index is 468. The predicted octanol–water partition coefficient (Wildman–Crippen LogP) is -1.60. The fourth-order valence-electron chi connectivity index (χ4n) is 1.34. The third-order valence-corrected chi connectivity index (χ3v) is 2.15. The number of nitrogens with one attached hydrogen (secondary N) is 1. The van der Waals surface area contributed by atoms with E-state index in [1.165, 1.54) is 0 Å². The van der Waals surface area contributed by atoms with E-state index in [0.717, 1.165) is 5.56 Å². The van der Waals surface area contributed by atoms with E-state index in [0.29, 0.717) is 17.2 Å². The van der Waals surface area contributed by atoms with Crippen molar-refractivity contribution in [1.29, 1.82) is 0 Å². The van der Waals surface area contributed by atoms with Crippen molar-refractivity contribution >= 4 is 12.2 Å². The number of rotatable bonds is 5. The molecule has 0 aromatic heterocycles. The molecule has 0 unspecified atom stereocenters. The van der Waals surface area contributed by atoms with Gasteiger partial charge in [-0.1, -0.05) is 0 Å². The third kappa shape index (κ3) is 3.27. The lowest BCUT2D eigenvalue weighted by atomic mass is 10.2. The second kappa shape index (κ2) is 6.33. The maximum Gasteiger partial charge on any atom is 0.256 e. The van der Waals surface area contributed by atoms with Crippen LogP contribution in [0.1, 0.15) is 5.56 Å². The van der Waals surface area contributed by atoms with Crippen molar-refractivity contribution in [2.45, 2.75) is 0 Å². The van der Waals surface area contributed by atoms with Gasteiger partial charge in [-0.15, -0.1) is 5.10 Å². The summed E-state index contributed by atoms with van der Waals surface area (Å²) < 4.78 is 15.6. The second-order valence-corrected chi connectivity index (χ2v) is 3.26. The van der Waals surface area contributed by atoms with Crippen molar-refractivity contribution < 1.29 is 19.3 Å². The molecule has 0 atom stereocenters. The average Bonchev–Trinajstić information content (AvgIpc) is 2.37. The third-order valence-electron chi connectivity index (χ3n) is 2.15. The standard InChI is InChI=1S/C11H16N4O3/c1-16-8-5-10(18-3)9(17-2)4-7(8)6-14-15-11(12)13/h4-6H,1-3H3,(H4,12,13,15)/p+1/b14-6-. The molecule has 1 aromatic carbocycles. The summed E-state index contributed by atoms with van der Waals surface area (Å²) in [5.74, 6) is 1.70. The fourth-order valence-corrected chi connectivity index (χ4v) is 1.34. The fraction of sp³-hybridized carbons (Fsp3) is 0.273. The van der Waals surface area contributed by atoms with E-state index in [2.05, 4.69) is 10.2 Å². The molecule has 98 valence electrons. The molecule has 18 heavy (non-hydrogen) atoms. The molecule has 1 aromatic rings. The number of ether oxygens (including phenoxy) is 3. The van der Waals surface area contributed by atoms with Crippen LogP contribution in [0.25, 0.3) is 0 Å². The van der Waals surface area contributed by atoms with Gasteiger partial charge >= 0.3 is 0 Å². The van der Waals surface area contributed by atoms with Gasteiger partial charge in [0.1, 0.15) is 5.75 Å². The quantitative estimate of drug-likeness (QED) is 0.333. The van der Waals surface area contributed by atoms with Gasteiger partial charge in [-0.2, -0.15) is 0 Å². The normalized spacial score (nSPS) is 10.2. The highest BCUT2D eigenvalue weighted by atomic mass is 16.5. The largest absolute Gasteiger partial charge is 0.496 e. The van der Waals surface area contributed by atoms with E-state index in [1.807, 2.05) is 0 Å². The topological polar surface area (TPSA) is 106 Å². The summed E-state index contributed by atoms with van der Waals surface area (Å²) in [6.45, 7) is 0. The van der Waals surface area contributed by atoms with Gasteiger partial charge in [0.25, 0.3) is 5.96 Å². The average molecular weight is 253 g/mol. The van der Waals surface area contributed by atoms with Gasteiger partial charge in [-0.25, -0.2) is 0 Å². The van der Waals surface area contributed by atoms with Crippen molar-refractivity contribution in [2.24, 2.45) is 16.6 Å². The van der Waals surface area contributed by atoms with E-state index in [-0.39, 0.29) is 5.96 Å². The van der Waals surface area contributed by atoms with Crippen LogP contribution in [0.2, 0.25) is 0 Å². The lowest BCUT2D eigenvalue weighted by Crippen LogP contribution is -2.63. The van der Waals surface area contributed by atoms with E-state index < -0.39 is 0 Å². The van der Waals surface area contributed by atoms with Gasteiger partial charge < -0.3 is 25.7 Å². The number of methoxy groups -OCH3 is 3. The maximum atomic E-state index is 5.23. The van der Waals surface area contributed by atoms with Crippen molar-refractivity contribution in [3.63, 3.8) is 0 Å². The Labute approximate surface area is 105 Å². The molecule has 0 heterocycles. The Balaban J connectivity index is 3.17. The molecule has 0 aliphatic carbocycles. The Hall–Kier alpha value is -2.44. The zero-order valence-corrected chi connectivity index (χ0v) is 10.6. The van der Waals surface area contributed by atoms with Crippen LogP contribution in [0.3, 0.4) is 0 Å². The summed E-state index contributed by atoms with van der Waals surface area (Å²) in [4.78, 5) is 0. The van der Waals surface area contributed by atoms with Gasteiger partial charge in [-0.05, 0) is 0 Å². The van der Waals surface area contributed by atoms with Gasteiger partial charge in [-0.3, -0.25) is 0 Å². The van der Waals surface area contributed by atoms with Crippen molar-refractivity contribution in [3.8, 4) is 17.2 Å². The molecule has 0 fully saturated rings. The second-order valence-electron chi connectivity index (χ2n) is 3.26. The van der Waals surface area contributed by atoms with Gasteiger partial charge in [0.15, 0.2) is 11.5 Å². The Morgan fingerprint density at radius 2 is 1.61 bits per heavy atom. The monoisotopic (exact) mass is 253 g/mol. The molecule has 0 radical (unpaired) electrons. The molecule has 7 nitrogen and oxygen atoms in total. The first-order valence-corrected chi connectivity index (χ1v) is 5.09. The molecule has 5 N–H and O–H groups in total. The van der Waals surface area contributed by atoms with Crippen molar-refractivity contribution in [2.75, 3.05) is 21.3 Å². The molecule has 7 heteroatoms. The number of guanidine groups is 1. The Morgan fingerprint density at radius 1 is 1.06 bits per heavy atom. The first-order chi connectivity index (χ1) is 8.62. The minimum Gasteiger partial charge on any atom is -0.496 e. The Kier molecular flexibility index (Phi) is 4.79. The zero-order chi connectivity index (χ0) is 13.5. The number of benzene rings is 1. The molecular formula is C11H17N4O3+. The van der Waals surface area contributed by atoms with E-state index in [9.17, 15) is 0 Å². The number of hydrazone groups is 1. The molecule has 0 saturated heterocycles. The maximum absolute atomic E-state index is 5.23. The first kappa shape index (κ1) is 13.6. The summed E-state index contributed by atoms with van der Waals surface area (Å²) in [5, 5.41) is 6.23. The molecule has 0 bridgehead atoms. The van der Waals surface area contributed by atoms with E-state index in [1.54, 1.807) is 39.7 Å². The highest BCUT2D eigenvalue weighted by molar-refractivity contribution is 5.82. The van der Waals surface area contributed by atoms with Crippen LogP contribution in [0.4, 0.5) is 0 Å². The summed E-state index contributed by atoms with van der Waals surface area (Å²) in [6, 6.07) is 3.45. The molecule has 0 aliphatic rings. The summed E-state index contributed by atoms with van der Waals surface area (Å²) in [6.07, 6.45) is 1.58. The molecular weight excluding hydrogens is 236 g/mol. The van der Waals surface area contributed by atoms with Crippen LogP contribution in [0.5, 0.6) is 17.2 Å². The number of hydrogen-bond donors (Lipinski definition) is 3. The van der Waals surface area contributed by atoms with Gasteiger partial charge in [0, 0.05) is 17.2 Å². The van der Waals surface area contributed by atoms with Crippen molar-refractivity contribution in [3.05, 3.63) is 17.7 Å². The number of hydrogen-bond acceptors (Lipinski definition) is 4. The summed E-state index contributed by atoms with van der Waals surface area (Å²) >= 11 is 0. The number of nitrogens with zero attached hydrogens (tertiary/aromatic N) is 1. The molecule has 0 saturated carbocycles. The van der Waals surface area contributed by atoms with Crippen molar-refractivity contribution in [1.82, 2.24) is 0 Å². The van der Waals surface area contributed by atoms with Crippen LogP contribution in [0.15, 0.2) is 17.2 Å². The van der Waals surface area contributed by atoms with Crippen LogP contribution in [-0.4, -0.2) is 33.5 Å². The minimum atomic E-state index is -0.0642. The van der Waals surface area contributed by atoms with Gasteiger partial charge in [0.2, 0.25) is 6.21 Å². The van der Waals surface area contributed by atoms with Gasteiger partial charge in [0.05, 0.1) is 26.9 Å². The molecule has 0 aliphatic heterocycles. The lowest BCUT2D eigenvalue weighted by molar-refractivity contribution is -0.456. The van der Waals surface area contributed by atoms with Crippen LogP contribution in [-0.2, 0) is 0 Å². The smallest absolute Gasteiger partial charge is 0.256 e. The lowest BCUT2D eigenvalue weighted by Gasteiger charge is -2.10. The zero-order valence-electron chi connectivity index (χ0n) is 10.6. The van der Waals surface area contributed by atoms with Crippen LogP contribution >= 0.6 is 0 Å². The highest BCUT2D eigenvalue weighted by Gasteiger charge is 2.11. The predicted molar refractivity (Wildman–Crippen MR) is 68.0 cm³/mol. The van der Waals surface area contributed by atoms with Crippen LogP contribution < -0.4 is 30.8 Å². The summed E-state index contributed by atoms with van der Waals surface area (Å²) in [5.41, 5.74) is 11.1. The summed E-state index contributed by atoms with van der Waals surface area (Å²) in [7, 11) is 4.66. The number of nitrogens with two attached hydrogens (primary N) is 2. The first-order valence-electron chi connectivity index (χ1n) is 5.09. The van der Waals surface area contributed by atoms with E-state index >= 15 is 0 Å².